The Balaban J connectivity index is 2.24. The summed E-state index contributed by atoms with van der Waals surface area (Å²) < 4.78 is 0. The van der Waals surface area contributed by atoms with Crippen LogP contribution in [0.4, 0.5) is 5.69 Å². The summed E-state index contributed by atoms with van der Waals surface area (Å²) in [5.74, 6) is 0.132. The van der Waals surface area contributed by atoms with E-state index in [9.17, 15) is 10.1 Å². The van der Waals surface area contributed by atoms with Crippen LogP contribution in [-0.4, -0.2) is 37.0 Å². The van der Waals surface area contributed by atoms with Gasteiger partial charge in [0.2, 0.25) is 5.91 Å². The third-order valence-electron chi connectivity index (χ3n) is 3.62. The molecular formula is C15H19N3O. The van der Waals surface area contributed by atoms with Crippen molar-refractivity contribution in [2.45, 2.75) is 20.3 Å². The Kier molecular flexibility index (Phi) is 4.06. The molecule has 0 radical (unpaired) electrons. The van der Waals surface area contributed by atoms with Gasteiger partial charge in [0.15, 0.2) is 0 Å². The van der Waals surface area contributed by atoms with Gasteiger partial charge in [-0.3, -0.25) is 4.79 Å². The number of anilines is 1. The van der Waals surface area contributed by atoms with Crippen molar-refractivity contribution in [2.75, 3.05) is 31.1 Å². The molecule has 0 aliphatic carbocycles. The number of aryl methyl sites for hydroxylation is 1. The molecular weight excluding hydrogens is 238 g/mol. The molecule has 1 amide bonds. The number of rotatable bonds is 1. The molecule has 0 aromatic heterocycles. The summed E-state index contributed by atoms with van der Waals surface area (Å²) in [5.41, 5.74) is 2.86. The number of para-hydroxylation sites is 1. The summed E-state index contributed by atoms with van der Waals surface area (Å²) in [6, 6.07) is 8.07. The van der Waals surface area contributed by atoms with Gasteiger partial charge in [-0.2, -0.15) is 5.26 Å². The van der Waals surface area contributed by atoms with E-state index in [-0.39, 0.29) is 5.91 Å². The molecule has 1 aliphatic heterocycles. The summed E-state index contributed by atoms with van der Waals surface area (Å²) in [6.07, 6.45) is 0.943. The number of carbonyl (C=O) groups is 1. The first kappa shape index (κ1) is 13.4. The van der Waals surface area contributed by atoms with Crippen molar-refractivity contribution in [3.8, 4) is 6.07 Å². The Morgan fingerprint density at radius 3 is 2.74 bits per heavy atom. The molecule has 0 atom stereocenters. The average Bonchev–Trinajstić information content (AvgIpc) is 2.64. The Morgan fingerprint density at radius 2 is 2.05 bits per heavy atom. The van der Waals surface area contributed by atoms with Gasteiger partial charge in [-0.25, -0.2) is 0 Å². The fourth-order valence-electron chi connectivity index (χ4n) is 2.62. The number of carbonyl (C=O) groups excluding carboxylic acids is 1. The van der Waals surface area contributed by atoms with Crippen molar-refractivity contribution in [2.24, 2.45) is 0 Å². The molecule has 2 rings (SSSR count). The van der Waals surface area contributed by atoms with Gasteiger partial charge in [0.1, 0.15) is 6.07 Å². The predicted molar refractivity (Wildman–Crippen MR) is 75.0 cm³/mol. The number of benzene rings is 1. The van der Waals surface area contributed by atoms with Crippen LogP contribution in [0.3, 0.4) is 0 Å². The van der Waals surface area contributed by atoms with E-state index in [2.05, 4.69) is 11.0 Å². The first-order chi connectivity index (χ1) is 9.13. The highest BCUT2D eigenvalue weighted by atomic mass is 16.2. The molecule has 1 aromatic carbocycles. The van der Waals surface area contributed by atoms with Crippen molar-refractivity contribution < 1.29 is 4.79 Å². The van der Waals surface area contributed by atoms with Gasteiger partial charge in [-0.15, -0.1) is 0 Å². The average molecular weight is 257 g/mol. The molecule has 4 heteroatoms. The largest absolute Gasteiger partial charge is 0.368 e. The summed E-state index contributed by atoms with van der Waals surface area (Å²) in [5, 5.41) is 9.24. The first-order valence-corrected chi connectivity index (χ1v) is 6.63. The molecule has 0 bridgehead atoms. The van der Waals surface area contributed by atoms with Gasteiger partial charge in [-0.1, -0.05) is 12.1 Å². The highest BCUT2D eigenvalue weighted by Crippen LogP contribution is 2.25. The normalized spacial score (nSPS) is 15.8. The molecule has 0 saturated carbocycles. The fraction of sp³-hybridized carbons (Fsp3) is 0.467. The number of amides is 1. The Hall–Kier alpha value is -2.02. The first-order valence-electron chi connectivity index (χ1n) is 6.63. The zero-order valence-electron chi connectivity index (χ0n) is 11.5. The zero-order valence-corrected chi connectivity index (χ0v) is 11.5. The topological polar surface area (TPSA) is 47.3 Å². The minimum Gasteiger partial charge on any atom is -0.368 e. The van der Waals surface area contributed by atoms with E-state index in [0.29, 0.717) is 0 Å². The quantitative estimate of drug-likeness (QED) is 0.772. The van der Waals surface area contributed by atoms with E-state index in [0.717, 1.165) is 49.4 Å². The number of hydrogen-bond donors (Lipinski definition) is 0. The highest BCUT2D eigenvalue weighted by molar-refractivity contribution is 5.73. The van der Waals surface area contributed by atoms with E-state index in [1.54, 1.807) is 6.92 Å². The lowest BCUT2D eigenvalue weighted by atomic mass is 10.1. The fourth-order valence-corrected chi connectivity index (χ4v) is 2.62. The minimum absolute atomic E-state index is 0.132. The van der Waals surface area contributed by atoms with Crippen molar-refractivity contribution in [3.63, 3.8) is 0 Å². The van der Waals surface area contributed by atoms with Gasteiger partial charge in [0, 0.05) is 33.1 Å². The van der Waals surface area contributed by atoms with Crippen LogP contribution in [0.1, 0.15) is 24.5 Å². The van der Waals surface area contributed by atoms with Crippen molar-refractivity contribution in [1.29, 1.82) is 5.26 Å². The Morgan fingerprint density at radius 1 is 1.26 bits per heavy atom. The lowest BCUT2D eigenvalue weighted by molar-refractivity contribution is -0.128. The van der Waals surface area contributed by atoms with Crippen LogP contribution < -0.4 is 4.90 Å². The number of nitrogens with zero attached hydrogens (tertiary/aromatic N) is 3. The van der Waals surface area contributed by atoms with Crippen LogP contribution >= 0.6 is 0 Å². The van der Waals surface area contributed by atoms with Crippen LogP contribution in [0.25, 0.3) is 0 Å². The molecule has 19 heavy (non-hydrogen) atoms. The molecule has 1 fully saturated rings. The second-order valence-corrected chi connectivity index (χ2v) is 4.93. The van der Waals surface area contributed by atoms with E-state index < -0.39 is 0 Å². The van der Waals surface area contributed by atoms with E-state index in [4.69, 9.17) is 0 Å². The van der Waals surface area contributed by atoms with Crippen molar-refractivity contribution in [3.05, 3.63) is 29.3 Å². The summed E-state index contributed by atoms with van der Waals surface area (Å²) in [4.78, 5) is 15.6. The monoisotopic (exact) mass is 257 g/mol. The maximum Gasteiger partial charge on any atom is 0.219 e. The third-order valence-corrected chi connectivity index (χ3v) is 3.62. The van der Waals surface area contributed by atoms with E-state index >= 15 is 0 Å². The maximum absolute atomic E-state index is 11.4. The van der Waals surface area contributed by atoms with Gasteiger partial charge >= 0.3 is 0 Å². The minimum atomic E-state index is 0.132. The smallest absolute Gasteiger partial charge is 0.219 e. The molecule has 0 unspecified atom stereocenters. The summed E-state index contributed by atoms with van der Waals surface area (Å²) >= 11 is 0. The predicted octanol–water partition coefficient (Wildman–Crippen LogP) is 1.93. The van der Waals surface area contributed by atoms with Gasteiger partial charge in [-0.05, 0) is 25.0 Å². The number of nitriles is 1. The van der Waals surface area contributed by atoms with E-state index in [1.165, 1.54) is 0 Å². The van der Waals surface area contributed by atoms with Crippen LogP contribution in [0.15, 0.2) is 18.2 Å². The molecule has 1 aromatic rings. The van der Waals surface area contributed by atoms with Crippen LogP contribution in [0, 0.1) is 18.3 Å². The maximum atomic E-state index is 11.4. The molecule has 1 aliphatic rings. The second-order valence-electron chi connectivity index (χ2n) is 4.93. The standard InChI is InChI=1S/C15H19N3O/c1-12-5-3-6-14(11-16)15(12)18-8-4-7-17(9-10-18)13(2)19/h3,5-6H,4,7-10H2,1-2H3. The van der Waals surface area contributed by atoms with Gasteiger partial charge in [0.25, 0.3) is 0 Å². The molecule has 1 saturated heterocycles. The van der Waals surface area contributed by atoms with E-state index in [1.807, 2.05) is 30.0 Å². The SMILES string of the molecule is CC(=O)N1CCCN(c2c(C)cccc2C#N)CC1. The van der Waals surface area contributed by atoms with Gasteiger partial charge in [0.05, 0.1) is 11.3 Å². The Bertz CT molecular complexity index is 519. The highest BCUT2D eigenvalue weighted by Gasteiger charge is 2.19. The number of hydrogen-bond acceptors (Lipinski definition) is 3. The molecule has 0 N–H and O–H groups in total. The lowest BCUT2D eigenvalue weighted by Gasteiger charge is -2.26. The van der Waals surface area contributed by atoms with Crippen LogP contribution in [0.5, 0.6) is 0 Å². The molecule has 100 valence electrons. The summed E-state index contributed by atoms with van der Waals surface area (Å²) in [7, 11) is 0. The van der Waals surface area contributed by atoms with Crippen LogP contribution in [-0.2, 0) is 4.79 Å². The molecule has 0 spiro atoms. The molecule has 4 nitrogen and oxygen atoms in total. The molecule has 1 heterocycles. The van der Waals surface area contributed by atoms with Crippen molar-refractivity contribution in [1.82, 2.24) is 4.90 Å². The van der Waals surface area contributed by atoms with Gasteiger partial charge < -0.3 is 9.80 Å². The second kappa shape index (κ2) is 5.75. The summed E-state index contributed by atoms with van der Waals surface area (Å²) in [6.45, 7) is 6.87. The van der Waals surface area contributed by atoms with Crippen LogP contribution in [0.2, 0.25) is 0 Å². The Labute approximate surface area is 114 Å². The third kappa shape index (κ3) is 2.87. The zero-order chi connectivity index (χ0) is 13.8. The van der Waals surface area contributed by atoms with Crippen molar-refractivity contribution >= 4 is 11.6 Å². The lowest BCUT2D eigenvalue weighted by Crippen LogP contribution is -2.34.